The average molecular weight is 603 g/mol. The first-order valence-corrected chi connectivity index (χ1v) is 17.3. The van der Waals surface area contributed by atoms with Crippen molar-refractivity contribution < 1.29 is 0 Å². The molecule has 0 saturated heterocycles. The van der Waals surface area contributed by atoms with E-state index in [1.54, 1.807) is 0 Å². The second-order valence-corrected chi connectivity index (χ2v) is 14.4. The Morgan fingerprint density at radius 1 is 0.326 bits per heavy atom. The molecular weight excluding hydrogens is 571 g/mol. The topological polar surface area (TPSA) is 0 Å². The third-order valence-electron chi connectivity index (χ3n) is 9.44. The van der Waals surface area contributed by atoms with Crippen molar-refractivity contribution in [1.29, 1.82) is 0 Å². The highest BCUT2D eigenvalue weighted by atomic mass is 31.1. The van der Waals surface area contributed by atoms with E-state index in [0.717, 1.165) is 0 Å². The largest absolute Gasteiger partial charge is 0.0772 e. The minimum atomic E-state index is -0.583. The fraction of sp³-hybridized carbons (Fsp3) is 0.0222. The fourth-order valence-corrected chi connectivity index (χ4v) is 9.96. The molecule has 0 saturated carbocycles. The highest BCUT2D eigenvalue weighted by Crippen LogP contribution is 2.56. The van der Waals surface area contributed by atoms with Gasteiger partial charge in [0.2, 0.25) is 0 Å². The van der Waals surface area contributed by atoms with Gasteiger partial charge in [-0.15, -0.1) is 0 Å². The van der Waals surface area contributed by atoms with Gasteiger partial charge >= 0.3 is 0 Å². The minimum absolute atomic E-state index is 0.583. The van der Waals surface area contributed by atoms with Crippen LogP contribution >= 0.6 is 7.53 Å². The van der Waals surface area contributed by atoms with E-state index >= 15 is 0 Å². The third-order valence-corrected chi connectivity index (χ3v) is 12.0. The SMILES string of the molecule is Cc1ccc2c(-c3ccc(-c4ccccc4)cc3)c3ccccc3c(-c3ccc4c(c3)c3ccccc3p4-c3ccccc3)c2c1. The van der Waals surface area contributed by atoms with Crippen LogP contribution in [0.25, 0.3) is 81.2 Å². The summed E-state index contributed by atoms with van der Waals surface area (Å²) in [5.74, 6) is 0. The molecule has 0 N–H and O–H groups in total. The Morgan fingerprint density at radius 2 is 0.848 bits per heavy atom. The standard InChI is InChI=1S/C45H31P/c1-30-20-26-39-41(28-30)45(34-25-27-43-40(29-34)36-16-10-11-19-42(36)46(43)35-14-6-3-7-15-35)38-18-9-8-17-37(38)44(39)33-23-21-32(22-24-33)31-12-4-2-5-13-31/h2-29H,1H3. The van der Waals surface area contributed by atoms with E-state index < -0.39 is 7.53 Å². The summed E-state index contributed by atoms with van der Waals surface area (Å²) in [4.78, 5) is 0. The van der Waals surface area contributed by atoms with Crippen molar-refractivity contribution in [3.63, 3.8) is 0 Å². The van der Waals surface area contributed by atoms with Crippen LogP contribution in [0, 0.1) is 6.92 Å². The van der Waals surface area contributed by atoms with Crippen LogP contribution in [0.15, 0.2) is 170 Å². The van der Waals surface area contributed by atoms with Crippen molar-refractivity contribution in [3.05, 3.63) is 175 Å². The van der Waals surface area contributed by atoms with Crippen LogP contribution in [-0.2, 0) is 0 Å². The fourth-order valence-electron chi connectivity index (χ4n) is 7.36. The Balaban J connectivity index is 1.31. The van der Waals surface area contributed by atoms with Crippen LogP contribution in [0.2, 0.25) is 0 Å². The number of rotatable bonds is 4. The maximum absolute atomic E-state index is 2.47. The van der Waals surface area contributed by atoms with Crippen LogP contribution in [0.4, 0.5) is 0 Å². The van der Waals surface area contributed by atoms with Gasteiger partial charge in [0.05, 0.1) is 0 Å². The average Bonchev–Trinajstić information content (AvgIpc) is 3.45. The molecule has 8 aromatic carbocycles. The summed E-state index contributed by atoms with van der Waals surface area (Å²) in [6, 6.07) is 63.0. The van der Waals surface area contributed by atoms with E-state index in [2.05, 4.69) is 177 Å². The van der Waals surface area contributed by atoms with E-state index in [9.17, 15) is 0 Å². The van der Waals surface area contributed by atoms with Crippen molar-refractivity contribution >= 4 is 50.1 Å². The molecule has 9 aromatic rings. The molecule has 0 aliphatic carbocycles. The summed E-state index contributed by atoms with van der Waals surface area (Å²) < 4.78 is 0. The lowest BCUT2D eigenvalue weighted by Gasteiger charge is -2.18. The van der Waals surface area contributed by atoms with Crippen molar-refractivity contribution in [2.75, 3.05) is 0 Å². The molecule has 46 heavy (non-hydrogen) atoms. The van der Waals surface area contributed by atoms with Crippen molar-refractivity contribution in [2.24, 2.45) is 0 Å². The van der Waals surface area contributed by atoms with Crippen LogP contribution in [0.1, 0.15) is 5.56 Å². The first-order valence-electron chi connectivity index (χ1n) is 15.9. The van der Waals surface area contributed by atoms with Crippen molar-refractivity contribution in [2.45, 2.75) is 6.92 Å². The van der Waals surface area contributed by atoms with Crippen molar-refractivity contribution in [3.8, 4) is 38.7 Å². The molecule has 1 atom stereocenters. The first kappa shape index (κ1) is 26.9. The van der Waals surface area contributed by atoms with Gasteiger partial charge in [-0.3, -0.25) is 0 Å². The summed E-state index contributed by atoms with van der Waals surface area (Å²) in [5.41, 5.74) is 8.88. The quantitative estimate of drug-likeness (QED) is 0.176. The Morgan fingerprint density at radius 3 is 1.59 bits per heavy atom. The summed E-state index contributed by atoms with van der Waals surface area (Å²) in [6.07, 6.45) is 0. The van der Waals surface area contributed by atoms with Gasteiger partial charge < -0.3 is 0 Å². The summed E-state index contributed by atoms with van der Waals surface area (Å²) in [5, 5.41) is 12.2. The van der Waals surface area contributed by atoms with Gasteiger partial charge in [0.1, 0.15) is 0 Å². The van der Waals surface area contributed by atoms with E-state index in [0.29, 0.717) is 0 Å². The second-order valence-electron chi connectivity index (χ2n) is 12.2. The van der Waals surface area contributed by atoms with E-state index in [1.807, 2.05) is 0 Å². The number of hydrogen-bond acceptors (Lipinski definition) is 0. The zero-order valence-electron chi connectivity index (χ0n) is 25.6. The smallest absolute Gasteiger partial charge is 0.00687 e. The van der Waals surface area contributed by atoms with Crippen LogP contribution in [0.3, 0.4) is 0 Å². The number of aryl methyl sites for hydroxylation is 1. The molecule has 1 aromatic heterocycles. The molecule has 1 heterocycles. The van der Waals surface area contributed by atoms with E-state index in [-0.39, 0.29) is 0 Å². The summed E-state index contributed by atoms with van der Waals surface area (Å²) in [6.45, 7) is 2.21. The molecule has 0 bridgehead atoms. The molecule has 0 nitrogen and oxygen atoms in total. The van der Waals surface area contributed by atoms with Gasteiger partial charge in [0.25, 0.3) is 0 Å². The van der Waals surface area contributed by atoms with Gasteiger partial charge in [-0.2, -0.15) is 0 Å². The Hall–Kier alpha value is -5.42. The molecule has 0 fully saturated rings. The molecule has 0 aliphatic heterocycles. The van der Waals surface area contributed by atoms with Gasteiger partial charge in [0, 0.05) is 10.2 Å². The zero-order chi connectivity index (χ0) is 30.6. The van der Waals surface area contributed by atoms with Crippen LogP contribution < -0.4 is 0 Å². The minimum Gasteiger partial charge on any atom is -0.0772 e. The molecule has 0 spiro atoms. The lowest BCUT2D eigenvalue weighted by Crippen LogP contribution is -1.91. The molecule has 216 valence electrons. The zero-order valence-corrected chi connectivity index (χ0v) is 26.5. The third kappa shape index (κ3) is 4.30. The van der Waals surface area contributed by atoms with E-state index in [1.165, 1.54) is 86.8 Å². The molecule has 9 rings (SSSR count). The lowest BCUT2D eigenvalue weighted by atomic mass is 9.85. The summed E-state index contributed by atoms with van der Waals surface area (Å²) in [7, 11) is -0.583. The van der Waals surface area contributed by atoms with Crippen LogP contribution in [0.5, 0.6) is 0 Å². The Bertz CT molecular complexity index is 2550. The number of fused-ring (bicyclic) bond motifs is 5. The van der Waals surface area contributed by atoms with Crippen LogP contribution in [-0.4, -0.2) is 0 Å². The van der Waals surface area contributed by atoms with Gasteiger partial charge in [-0.05, 0) is 90.1 Å². The molecule has 1 unspecified atom stereocenters. The monoisotopic (exact) mass is 602 g/mol. The molecular formula is C45H31P. The summed E-state index contributed by atoms with van der Waals surface area (Å²) >= 11 is 0. The maximum Gasteiger partial charge on any atom is 0.00687 e. The van der Waals surface area contributed by atoms with Gasteiger partial charge in [-0.1, -0.05) is 171 Å². The highest BCUT2D eigenvalue weighted by molar-refractivity contribution is 7.67. The lowest BCUT2D eigenvalue weighted by molar-refractivity contribution is 1.51. The Labute approximate surface area is 270 Å². The predicted molar refractivity (Wildman–Crippen MR) is 202 cm³/mol. The normalized spacial score (nSPS) is 12.0. The number of benzene rings is 8. The molecule has 0 aliphatic rings. The van der Waals surface area contributed by atoms with Gasteiger partial charge in [0.15, 0.2) is 0 Å². The Kier molecular flexibility index (Phi) is 6.37. The van der Waals surface area contributed by atoms with E-state index in [4.69, 9.17) is 0 Å². The number of hydrogen-bond donors (Lipinski definition) is 0. The molecule has 0 radical (unpaired) electrons. The highest BCUT2D eigenvalue weighted by Gasteiger charge is 2.19. The second kappa shape index (κ2) is 10.9. The first-order chi connectivity index (χ1) is 22.7. The maximum atomic E-state index is 2.47. The van der Waals surface area contributed by atoms with Gasteiger partial charge in [-0.25, -0.2) is 0 Å². The van der Waals surface area contributed by atoms with Crippen molar-refractivity contribution in [1.82, 2.24) is 0 Å². The molecule has 1 heteroatoms. The molecule has 0 amide bonds. The predicted octanol–water partition coefficient (Wildman–Crippen LogP) is 13.6.